The van der Waals surface area contributed by atoms with Crippen LogP contribution in [-0.4, -0.2) is 28.3 Å². The average Bonchev–Trinajstić information content (AvgIpc) is 3.29. The topological polar surface area (TPSA) is 73.3 Å². The molecule has 0 amide bonds. The van der Waals surface area contributed by atoms with Crippen LogP contribution in [0, 0.1) is 0 Å². The summed E-state index contributed by atoms with van der Waals surface area (Å²) in [6.07, 6.45) is 0. The number of benzene rings is 3. The standard InChI is InChI=1S/C24H18BrN3O3S/c25-17-8-6-16(7-9-17)20(29)13-32-24-27-19-4-2-1-3-18(19)23(28-24)26-12-15-5-10-21-22(11-15)31-14-30-21/h1-11H,12-14H2,(H,26,27,28). The Morgan fingerprint density at radius 3 is 2.69 bits per heavy atom. The maximum absolute atomic E-state index is 12.6. The Balaban J connectivity index is 1.34. The van der Waals surface area contributed by atoms with Crippen molar-refractivity contribution in [2.75, 3.05) is 17.9 Å². The highest BCUT2D eigenvalue weighted by atomic mass is 79.9. The van der Waals surface area contributed by atoms with Crippen LogP contribution in [-0.2, 0) is 6.54 Å². The molecule has 0 radical (unpaired) electrons. The minimum atomic E-state index is 0.0362. The number of nitrogens with zero attached hydrogens (tertiary/aromatic N) is 2. The minimum Gasteiger partial charge on any atom is -0.454 e. The summed E-state index contributed by atoms with van der Waals surface area (Å²) >= 11 is 4.73. The quantitative estimate of drug-likeness (QED) is 0.195. The zero-order valence-corrected chi connectivity index (χ0v) is 19.3. The number of carbonyl (C=O) groups is 1. The van der Waals surface area contributed by atoms with Gasteiger partial charge in [-0.2, -0.15) is 0 Å². The van der Waals surface area contributed by atoms with E-state index in [0.717, 1.165) is 38.3 Å². The summed E-state index contributed by atoms with van der Waals surface area (Å²) in [6.45, 7) is 0.821. The second kappa shape index (κ2) is 9.18. The number of Topliss-reactive ketones (excluding diaryl/α,β-unsaturated/α-hetero) is 1. The van der Waals surface area contributed by atoms with Crippen LogP contribution in [0.25, 0.3) is 10.9 Å². The molecule has 0 saturated heterocycles. The van der Waals surface area contributed by atoms with Gasteiger partial charge in [0.25, 0.3) is 0 Å². The van der Waals surface area contributed by atoms with Gasteiger partial charge < -0.3 is 14.8 Å². The lowest BCUT2D eigenvalue weighted by molar-refractivity contribution is 0.102. The van der Waals surface area contributed by atoms with Crippen molar-refractivity contribution in [3.8, 4) is 11.5 Å². The van der Waals surface area contributed by atoms with E-state index in [1.165, 1.54) is 11.8 Å². The summed E-state index contributed by atoms with van der Waals surface area (Å²) in [4.78, 5) is 21.9. The van der Waals surface area contributed by atoms with E-state index in [9.17, 15) is 4.79 Å². The third-order valence-electron chi connectivity index (χ3n) is 4.98. The maximum atomic E-state index is 12.6. The molecule has 0 atom stereocenters. The second-order valence-electron chi connectivity index (χ2n) is 7.13. The van der Waals surface area contributed by atoms with E-state index in [2.05, 4.69) is 26.2 Å². The van der Waals surface area contributed by atoms with Gasteiger partial charge in [0.2, 0.25) is 6.79 Å². The monoisotopic (exact) mass is 507 g/mol. The summed E-state index contributed by atoms with van der Waals surface area (Å²) in [7, 11) is 0. The summed E-state index contributed by atoms with van der Waals surface area (Å²) in [5.74, 6) is 2.54. The van der Waals surface area contributed by atoms with Crippen molar-refractivity contribution in [2.45, 2.75) is 11.7 Å². The molecule has 0 unspecified atom stereocenters. The first-order valence-electron chi connectivity index (χ1n) is 9.96. The third kappa shape index (κ3) is 4.56. The SMILES string of the molecule is O=C(CSc1nc(NCc2ccc3c(c2)OCO3)c2ccccc2n1)c1ccc(Br)cc1. The first-order valence-corrected chi connectivity index (χ1v) is 11.7. The zero-order valence-electron chi connectivity index (χ0n) is 16.9. The van der Waals surface area contributed by atoms with Gasteiger partial charge >= 0.3 is 0 Å². The molecule has 1 N–H and O–H groups in total. The maximum Gasteiger partial charge on any atom is 0.231 e. The summed E-state index contributed by atoms with van der Waals surface area (Å²) in [5.41, 5.74) is 2.55. The van der Waals surface area contributed by atoms with Crippen molar-refractivity contribution in [3.05, 3.63) is 82.3 Å². The molecule has 0 bridgehead atoms. The van der Waals surface area contributed by atoms with Crippen molar-refractivity contribution < 1.29 is 14.3 Å². The van der Waals surface area contributed by atoms with Gasteiger partial charge in [-0.1, -0.05) is 58.0 Å². The van der Waals surface area contributed by atoms with Crippen molar-refractivity contribution >= 4 is 50.2 Å². The number of fused-ring (bicyclic) bond motifs is 2. The molecule has 3 aromatic carbocycles. The Kier molecular flexibility index (Phi) is 5.96. The van der Waals surface area contributed by atoms with E-state index in [1.54, 1.807) is 0 Å². The van der Waals surface area contributed by atoms with E-state index < -0.39 is 0 Å². The summed E-state index contributed by atoms with van der Waals surface area (Å²) in [6, 6.07) is 21.1. The normalized spacial score (nSPS) is 12.2. The van der Waals surface area contributed by atoms with Gasteiger partial charge in [-0.05, 0) is 42.0 Å². The minimum absolute atomic E-state index is 0.0362. The predicted molar refractivity (Wildman–Crippen MR) is 129 cm³/mol. The molecule has 8 heteroatoms. The van der Waals surface area contributed by atoms with Crippen LogP contribution in [0.15, 0.2) is 76.4 Å². The number of hydrogen-bond acceptors (Lipinski definition) is 7. The van der Waals surface area contributed by atoms with E-state index in [0.29, 0.717) is 17.3 Å². The molecule has 0 fully saturated rings. The van der Waals surface area contributed by atoms with Crippen LogP contribution in [0.1, 0.15) is 15.9 Å². The number of anilines is 1. The Hall–Kier alpha value is -3.10. The van der Waals surface area contributed by atoms with Crippen LogP contribution in [0.3, 0.4) is 0 Å². The predicted octanol–water partition coefficient (Wildman–Crippen LogP) is 5.71. The second-order valence-corrected chi connectivity index (χ2v) is 8.99. The zero-order chi connectivity index (χ0) is 21.9. The fraction of sp³-hybridized carbons (Fsp3) is 0.125. The molecule has 6 nitrogen and oxygen atoms in total. The molecular formula is C24H18BrN3O3S. The van der Waals surface area contributed by atoms with Gasteiger partial charge in [0.1, 0.15) is 5.82 Å². The number of rotatable bonds is 7. The van der Waals surface area contributed by atoms with Crippen molar-refractivity contribution in [1.82, 2.24) is 9.97 Å². The number of para-hydroxylation sites is 1. The Morgan fingerprint density at radius 1 is 1.00 bits per heavy atom. The number of nitrogens with one attached hydrogen (secondary N) is 1. The van der Waals surface area contributed by atoms with Crippen LogP contribution in [0.5, 0.6) is 11.5 Å². The highest BCUT2D eigenvalue weighted by Gasteiger charge is 2.14. The van der Waals surface area contributed by atoms with E-state index in [-0.39, 0.29) is 18.3 Å². The van der Waals surface area contributed by atoms with Crippen molar-refractivity contribution in [2.24, 2.45) is 0 Å². The number of carbonyl (C=O) groups excluding carboxylic acids is 1. The lowest BCUT2D eigenvalue weighted by Crippen LogP contribution is -2.06. The fourth-order valence-electron chi connectivity index (χ4n) is 3.34. The highest BCUT2D eigenvalue weighted by molar-refractivity contribution is 9.10. The van der Waals surface area contributed by atoms with Crippen LogP contribution in [0.4, 0.5) is 5.82 Å². The number of thioether (sulfide) groups is 1. The Morgan fingerprint density at radius 2 is 1.81 bits per heavy atom. The fourth-order valence-corrected chi connectivity index (χ4v) is 4.35. The average molecular weight is 508 g/mol. The number of halogens is 1. The lowest BCUT2D eigenvalue weighted by Gasteiger charge is -2.11. The van der Waals surface area contributed by atoms with Crippen LogP contribution in [0.2, 0.25) is 0 Å². The van der Waals surface area contributed by atoms with Crippen LogP contribution >= 0.6 is 27.7 Å². The van der Waals surface area contributed by atoms with Gasteiger partial charge in [-0.25, -0.2) is 9.97 Å². The summed E-state index contributed by atoms with van der Waals surface area (Å²) < 4.78 is 11.8. The van der Waals surface area contributed by atoms with Gasteiger partial charge in [0.05, 0.1) is 11.3 Å². The number of ketones is 1. The molecule has 1 aliphatic heterocycles. The third-order valence-corrected chi connectivity index (χ3v) is 6.35. The van der Waals surface area contributed by atoms with E-state index in [1.807, 2.05) is 66.7 Å². The molecule has 0 spiro atoms. The molecule has 2 heterocycles. The number of aromatic nitrogens is 2. The molecule has 160 valence electrons. The summed E-state index contributed by atoms with van der Waals surface area (Å²) in [5, 5.41) is 4.90. The molecule has 1 aromatic heterocycles. The molecular weight excluding hydrogens is 490 g/mol. The van der Waals surface area contributed by atoms with Crippen molar-refractivity contribution in [3.63, 3.8) is 0 Å². The Bertz CT molecular complexity index is 1300. The molecule has 0 aliphatic carbocycles. The molecule has 4 aromatic rings. The lowest BCUT2D eigenvalue weighted by atomic mass is 10.2. The largest absolute Gasteiger partial charge is 0.454 e. The number of hydrogen-bond donors (Lipinski definition) is 1. The van der Waals surface area contributed by atoms with Gasteiger partial charge in [0, 0.05) is 22.0 Å². The Labute approximate surface area is 197 Å². The number of ether oxygens (including phenoxy) is 2. The molecule has 32 heavy (non-hydrogen) atoms. The first kappa shape index (κ1) is 20.8. The van der Waals surface area contributed by atoms with Gasteiger partial charge in [-0.3, -0.25) is 4.79 Å². The first-order chi connectivity index (χ1) is 15.7. The van der Waals surface area contributed by atoms with E-state index >= 15 is 0 Å². The molecule has 5 rings (SSSR count). The smallest absolute Gasteiger partial charge is 0.231 e. The van der Waals surface area contributed by atoms with Crippen LogP contribution < -0.4 is 14.8 Å². The molecule has 0 saturated carbocycles. The van der Waals surface area contributed by atoms with Crippen molar-refractivity contribution in [1.29, 1.82) is 0 Å². The molecule has 1 aliphatic rings. The van der Waals surface area contributed by atoms with Gasteiger partial charge in [-0.15, -0.1) is 0 Å². The van der Waals surface area contributed by atoms with E-state index in [4.69, 9.17) is 14.5 Å². The highest BCUT2D eigenvalue weighted by Crippen LogP contribution is 2.33. The van der Waals surface area contributed by atoms with Gasteiger partial charge in [0.15, 0.2) is 22.4 Å².